The van der Waals surface area contributed by atoms with Gasteiger partial charge in [0, 0.05) is 0 Å². The maximum atomic E-state index is 11.5. The van der Waals surface area contributed by atoms with Crippen molar-refractivity contribution in [1.29, 1.82) is 0 Å². The van der Waals surface area contributed by atoms with Crippen molar-refractivity contribution in [3.05, 3.63) is 35.9 Å². The summed E-state index contributed by atoms with van der Waals surface area (Å²) < 4.78 is 0. The number of rotatable bonds is 7. The predicted molar refractivity (Wildman–Crippen MR) is 66.9 cm³/mol. The summed E-state index contributed by atoms with van der Waals surface area (Å²) in [5.41, 5.74) is 9.08. The Morgan fingerprint density at radius 1 is 1.41 bits per heavy atom. The van der Waals surface area contributed by atoms with Crippen LogP contribution < -0.4 is 11.2 Å². The summed E-state index contributed by atoms with van der Waals surface area (Å²) in [6.45, 7) is 2.42. The van der Waals surface area contributed by atoms with E-state index in [-0.39, 0.29) is 5.91 Å². The van der Waals surface area contributed by atoms with Gasteiger partial charge in [-0.25, -0.2) is 5.48 Å². The molecule has 0 aliphatic carbocycles. The second-order valence-corrected chi connectivity index (χ2v) is 3.99. The lowest BCUT2D eigenvalue weighted by Gasteiger charge is -2.11. The molecule has 1 rings (SSSR count). The number of amides is 1. The highest BCUT2D eigenvalue weighted by Gasteiger charge is 2.12. The summed E-state index contributed by atoms with van der Waals surface area (Å²) in [7, 11) is 0. The third-order valence-corrected chi connectivity index (χ3v) is 2.46. The second kappa shape index (κ2) is 7.81. The van der Waals surface area contributed by atoms with E-state index >= 15 is 0 Å². The summed E-state index contributed by atoms with van der Waals surface area (Å²) in [6, 6.07) is 9.17. The zero-order valence-electron chi connectivity index (χ0n) is 10.2. The SMILES string of the molecule is CCCCC(N)C(=O)NOCc1ccccc1. The van der Waals surface area contributed by atoms with Crippen LogP contribution in [0.25, 0.3) is 0 Å². The van der Waals surface area contributed by atoms with Crippen molar-refractivity contribution >= 4 is 5.91 Å². The molecule has 0 aliphatic heterocycles. The van der Waals surface area contributed by atoms with Crippen molar-refractivity contribution in [3.8, 4) is 0 Å². The number of hydrogen-bond donors (Lipinski definition) is 2. The first-order valence-corrected chi connectivity index (χ1v) is 5.95. The molecule has 0 fully saturated rings. The summed E-state index contributed by atoms with van der Waals surface area (Å²) >= 11 is 0. The quantitative estimate of drug-likeness (QED) is 0.709. The highest BCUT2D eigenvalue weighted by atomic mass is 16.6. The Kier molecular flexibility index (Phi) is 6.29. The molecule has 0 saturated carbocycles. The lowest BCUT2D eigenvalue weighted by molar-refractivity contribution is -0.136. The molecule has 1 aromatic rings. The molecule has 0 bridgehead atoms. The Labute approximate surface area is 102 Å². The van der Waals surface area contributed by atoms with Gasteiger partial charge in [0.15, 0.2) is 0 Å². The minimum absolute atomic E-state index is 0.255. The van der Waals surface area contributed by atoms with Gasteiger partial charge in [0.1, 0.15) is 0 Å². The summed E-state index contributed by atoms with van der Waals surface area (Å²) in [6.07, 6.45) is 2.68. The van der Waals surface area contributed by atoms with E-state index in [0.717, 1.165) is 18.4 Å². The van der Waals surface area contributed by atoms with Crippen LogP contribution in [0.15, 0.2) is 30.3 Å². The van der Waals surface area contributed by atoms with Crippen molar-refractivity contribution in [1.82, 2.24) is 5.48 Å². The van der Waals surface area contributed by atoms with E-state index in [0.29, 0.717) is 13.0 Å². The molecule has 0 heterocycles. The van der Waals surface area contributed by atoms with Gasteiger partial charge in [-0.3, -0.25) is 9.63 Å². The van der Waals surface area contributed by atoms with Gasteiger partial charge in [-0.2, -0.15) is 0 Å². The van der Waals surface area contributed by atoms with Gasteiger partial charge < -0.3 is 5.73 Å². The number of hydroxylamine groups is 1. The third-order valence-electron chi connectivity index (χ3n) is 2.46. The number of carbonyl (C=O) groups is 1. The van der Waals surface area contributed by atoms with E-state index < -0.39 is 6.04 Å². The van der Waals surface area contributed by atoms with Gasteiger partial charge >= 0.3 is 0 Å². The summed E-state index contributed by atoms with van der Waals surface area (Å²) in [5, 5.41) is 0. The fourth-order valence-corrected chi connectivity index (χ4v) is 1.40. The zero-order valence-corrected chi connectivity index (χ0v) is 10.2. The van der Waals surface area contributed by atoms with E-state index in [1.807, 2.05) is 30.3 Å². The smallest absolute Gasteiger partial charge is 0.260 e. The van der Waals surface area contributed by atoms with Gasteiger partial charge in [-0.15, -0.1) is 0 Å². The molecule has 94 valence electrons. The van der Waals surface area contributed by atoms with Crippen LogP contribution in [0.5, 0.6) is 0 Å². The summed E-state index contributed by atoms with van der Waals surface area (Å²) in [4.78, 5) is 16.6. The van der Waals surface area contributed by atoms with Crippen molar-refractivity contribution in [3.63, 3.8) is 0 Å². The first-order valence-electron chi connectivity index (χ1n) is 5.95. The molecule has 1 atom stereocenters. The third kappa shape index (κ3) is 5.47. The van der Waals surface area contributed by atoms with Crippen molar-refractivity contribution in [2.75, 3.05) is 0 Å². The lowest BCUT2D eigenvalue weighted by atomic mass is 10.1. The minimum Gasteiger partial charge on any atom is -0.320 e. The molecule has 3 N–H and O–H groups in total. The summed E-state index contributed by atoms with van der Waals surface area (Å²) in [5.74, 6) is -0.255. The van der Waals surface area contributed by atoms with Gasteiger partial charge in [0.25, 0.3) is 5.91 Å². The fourth-order valence-electron chi connectivity index (χ4n) is 1.40. The van der Waals surface area contributed by atoms with Crippen LogP contribution in [0.2, 0.25) is 0 Å². The molecule has 1 unspecified atom stereocenters. The van der Waals surface area contributed by atoms with Crippen LogP contribution in [0.4, 0.5) is 0 Å². The average Bonchev–Trinajstić information content (AvgIpc) is 2.37. The monoisotopic (exact) mass is 236 g/mol. The molecule has 1 amide bonds. The van der Waals surface area contributed by atoms with Crippen molar-refractivity contribution in [2.24, 2.45) is 5.73 Å². The van der Waals surface area contributed by atoms with E-state index in [2.05, 4.69) is 12.4 Å². The van der Waals surface area contributed by atoms with Crippen molar-refractivity contribution < 1.29 is 9.63 Å². The molecule has 0 radical (unpaired) electrons. The zero-order chi connectivity index (χ0) is 12.5. The maximum absolute atomic E-state index is 11.5. The molecule has 4 heteroatoms. The normalized spacial score (nSPS) is 12.1. The van der Waals surface area contributed by atoms with Crippen LogP contribution in [0.3, 0.4) is 0 Å². The van der Waals surface area contributed by atoms with Crippen LogP contribution >= 0.6 is 0 Å². The molecule has 0 spiro atoms. The van der Waals surface area contributed by atoms with Gasteiger partial charge in [0.05, 0.1) is 12.6 Å². The second-order valence-electron chi connectivity index (χ2n) is 3.99. The van der Waals surface area contributed by atoms with Crippen LogP contribution in [-0.4, -0.2) is 11.9 Å². The van der Waals surface area contributed by atoms with Gasteiger partial charge in [-0.1, -0.05) is 50.1 Å². The Bertz CT molecular complexity index is 327. The van der Waals surface area contributed by atoms with Crippen LogP contribution in [-0.2, 0) is 16.2 Å². The standard InChI is InChI=1S/C13H20N2O2/c1-2-3-9-12(14)13(16)15-17-10-11-7-5-4-6-8-11/h4-8,12H,2-3,9-10,14H2,1H3,(H,15,16). The number of hydrogen-bond acceptors (Lipinski definition) is 3. The molecule has 0 saturated heterocycles. The Balaban J connectivity index is 2.20. The van der Waals surface area contributed by atoms with Crippen LogP contribution in [0, 0.1) is 0 Å². The van der Waals surface area contributed by atoms with E-state index in [4.69, 9.17) is 10.6 Å². The first kappa shape index (κ1) is 13.7. The molecular formula is C13H20N2O2. The number of nitrogens with two attached hydrogens (primary N) is 1. The first-order chi connectivity index (χ1) is 8.24. The Morgan fingerprint density at radius 3 is 2.76 bits per heavy atom. The minimum atomic E-state index is -0.481. The Morgan fingerprint density at radius 2 is 2.12 bits per heavy atom. The topological polar surface area (TPSA) is 64.4 Å². The van der Waals surface area contributed by atoms with E-state index in [1.54, 1.807) is 0 Å². The molecule has 0 aromatic heterocycles. The largest absolute Gasteiger partial charge is 0.320 e. The van der Waals surface area contributed by atoms with E-state index in [9.17, 15) is 4.79 Å². The van der Waals surface area contributed by atoms with Gasteiger partial charge in [0.2, 0.25) is 0 Å². The average molecular weight is 236 g/mol. The maximum Gasteiger partial charge on any atom is 0.260 e. The lowest BCUT2D eigenvalue weighted by Crippen LogP contribution is -2.40. The highest BCUT2D eigenvalue weighted by Crippen LogP contribution is 2.00. The number of carbonyl (C=O) groups excluding carboxylic acids is 1. The van der Waals surface area contributed by atoms with Gasteiger partial charge in [-0.05, 0) is 12.0 Å². The molecular weight excluding hydrogens is 216 g/mol. The Hall–Kier alpha value is -1.39. The number of nitrogens with one attached hydrogen (secondary N) is 1. The fraction of sp³-hybridized carbons (Fsp3) is 0.462. The van der Waals surface area contributed by atoms with Crippen molar-refractivity contribution in [2.45, 2.75) is 38.8 Å². The van der Waals surface area contributed by atoms with E-state index in [1.165, 1.54) is 0 Å². The number of benzene rings is 1. The van der Waals surface area contributed by atoms with Crippen LogP contribution in [0.1, 0.15) is 31.7 Å². The molecule has 0 aliphatic rings. The molecule has 1 aromatic carbocycles. The number of unbranched alkanes of at least 4 members (excludes halogenated alkanes) is 1. The predicted octanol–water partition coefficient (Wildman–Crippen LogP) is 1.75. The molecule has 4 nitrogen and oxygen atoms in total. The highest BCUT2D eigenvalue weighted by molar-refractivity contribution is 5.80. The molecule has 17 heavy (non-hydrogen) atoms.